The summed E-state index contributed by atoms with van der Waals surface area (Å²) in [6, 6.07) is 11.7. The minimum atomic E-state index is -4.48. The van der Waals surface area contributed by atoms with Crippen molar-refractivity contribution in [2.75, 3.05) is 37.6 Å². The second-order valence-electron chi connectivity index (χ2n) is 8.25. The van der Waals surface area contributed by atoms with Gasteiger partial charge in [-0.05, 0) is 42.5 Å². The Balaban J connectivity index is 1.35. The van der Waals surface area contributed by atoms with Crippen LogP contribution in [0.5, 0.6) is 5.75 Å². The van der Waals surface area contributed by atoms with Gasteiger partial charge >= 0.3 is 6.18 Å². The summed E-state index contributed by atoms with van der Waals surface area (Å²) in [5.74, 6) is -1.82. The van der Waals surface area contributed by atoms with Crippen LogP contribution in [0.15, 0.2) is 60.9 Å². The van der Waals surface area contributed by atoms with Crippen molar-refractivity contribution in [3.05, 3.63) is 77.9 Å². The van der Waals surface area contributed by atoms with E-state index in [4.69, 9.17) is 0 Å². The third kappa shape index (κ3) is 5.91. The van der Waals surface area contributed by atoms with Crippen molar-refractivity contribution in [3.63, 3.8) is 0 Å². The number of rotatable bonds is 5. The van der Waals surface area contributed by atoms with Gasteiger partial charge in [0.2, 0.25) is 0 Å². The van der Waals surface area contributed by atoms with Crippen LogP contribution in [0.2, 0.25) is 0 Å². The Hall–Kier alpha value is -4.15. The van der Waals surface area contributed by atoms with E-state index >= 15 is 0 Å². The molecule has 2 N–H and O–H groups in total. The Morgan fingerprint density at radius 2 is 1.61 bits per heavy atom. The fraction of sp³-hybridized carbons (Fsp3) is 0.240. The van der Waals surface area contributed by atoms with Crippen LogP contribution >= 0.6 is 0 Å². The molecule has 1 aromatic heterocycles. The van der Waals surface area contributed by atoms with E-state index in [0.717, 1.165) is 11.8 Å². The fourth-order valence-corrected chi connectivity index (χ4v) is 3.91. The molecule has 0 aliphatic carbocycles. The topological polar surface area (TPSA) is 85.8 Å². The van der Waals surface area contributed by atoms with Gasteiger partial charge < -0.3 is 20.2 Å². The van der Waals surface area contributed by atoms with Crippen LogP contribution in [0, 0.1) is 5.82 Å². The van der Waals surface area contributed by atoms with E-state index in [2.05, 4.69) is 4.98 Å². The van der Waals surface area contributed by atoms with Crippen LogP contribution in [0.4, 0.5) is 23.2 Å². The molecule has 0 saturated carbocycles. The van der Waals surface area contributed by atoms with Gasteiger partial charge in [-0.25, -0.2) is 4.39 Å². The molecule has 36 heavy (non-hydrogen) atoms. The zero-order valence-corrected chi connectivity index (χ0v) is 18.9. The van der Waals surface area contributed by atoms with Crippen LogP contribution < -0.4 is 10.2 Å². The molecule has 0 atom stereocenters. The molecule has 0 unspecified atom stereocenters. The summed E-state index contributed by atoms with van der Waals surface area (Å²) < 4.78 is 51.5. The van der Waals surface area contributed by atoms with E-state index in [9.17, 15) is 32.3 Å². The lowest BCUT2D eigenvalue weighted by molar-refractivity contribution is -0.123. The molecule has 1 aliphatic heterocycles. The quantitative estimate of drug-likeness (QED) is 0.518. The normalized spacial score (nSPS) is 14.0. The molecule has 11 heteroatoms. The number of halogens is 4. The molecule has 2 heterocycles. The van der Waals surface area contributed by atoms with Crippen LogP contribution in [0.1, 0.15) is 20.7 Å². The van der Waals surface area contributed by atoms with E-state index < -0.39 is 24.4 Å². The number of aromatic hydroxyl groups is 1. The first-order chi connectivity index (χ1) is 17.1. The lowest BCUT2D eigenvalue weighted by Crippen LogP contribution is -2.48. The van der Waals surface area contributed by atoms with E-state index in [1.807, 2.05) is 10.2 Å². The fourth-order valence-electron chi connectivity index (χ4n) is 3.91. The van der Waals surface area contributed by atoms with Crippen molar-refractivity contribution >= 4 is 17.5 Å². The predicted octanol–water partition coefficient (Wildman–Crippen LogP) is 3.85. The van der Waals surface area contributed by atoms with Gasteiger partial charge in [-0.1, -0.05) is 6.07 Å². The summed E-state index contributed by atoms with van der Waals surface area (Å²) in [5, 5.41) is 11.4. The third-order valence-corrected chi connectivity index (χ3v) is 5.76. The highest BCUT2D eigenvalue weighted by atomic mass is 19.4. The molecule has 0 bridgehead atoms. The van der Waals surface area contributed by atoms with E-state index in [1.54, 1.807) is 17.0 Å². The van der Waals surface area contributed by atoms with Gasteiger partial charge in [0.25, 0.3) is 11.8 Å². The maximum atomic E-state index is 14.7. The first-order valence-electron chi connectivity index (χ1n) is 11.0. The van der Waals surface area contributed by atoms with Gasteiger partial charge in [-0.15, -0.1) is 0 Å². The maximum Gasteiger partial charge on any atom is 0.405 e. The standard InChI is InChI=1S/C25H22F4N4O3/c26-22-12-17(3-6-21(22)18-11-20(34)14-30-13-18)24(36)33-9-7-32(8-10-33)19-4-1-16(2-5-19)23(35)31-15-25(27,28)29/h1-6,11-14,34H,7-10,15H2,(H,31,35). The van der Waals surface area contributed by atoms with E-state index in [1.165, 1.54) is 42.7 Å². The molecule has 1 saturated heterocycles. The average molecular weight is 502 g/mol. The Morgan fingerprint density at radius 3 is 2.22 bits per heavy atom. The van der Waals surface area contributed by atoms with Gasteiger partial charge in [0, 0.05) is 60.3 Å². The molecule has 7 nitrogen and oxygen atoms in total. The number of aromatic nitrogens is 1. The summed E-state index contributed by atoms with van der Waals surface area (Å²) >= 11 is 0. The van der Waals surface area contributed by atoms with Gasteiger partial charge in [0.15, 0.2) is 0 Å². The average Bonchev–Trinajstić information content (AvgIpc) is 2.86. The highest BCUT2D eigenvalue weighted by Crippen LogP contribution is 2.26. The summed E-state index contributed by atoms with van der Waals surface area (Å²) in [7, 11) is 0. The molecule has 3 aromatic rings. The molecule has 2 aromatic carbocycles. The third-order valence-electron chi connectivity index (χ3n) is 5.76. The molecule has 0 radical (unpaired) electrons. The molecule has 188 valence electrons. The van der Waals surface area contributed by atoms with Gasteiger partial charge in [-0.3, -0.25) is 14.6 Å². The summed E-state index contributed by atoms with van der Waals surface area (Å²) in [6.07, 6.45) is -1.83. The van der Waals surface area contributed by atoms with E-state index in [-0.39, 0.29) is 28.3 Å². The molecule has 1 aliphatic rings. The molecular formula is C25H22F4N4O3. The number of benzene rings is 2. The highest BCUT2D eigenvalue weighted by Gasteiger charge is 2.28. The number of alkyl halides is 3. The number of piperazine rings is 1. The Morgan fingerprint density at radius 1 is 0.944 bits per heavy atom. The number of amides is 2. The Labute approximate surface area is 204 Å². The van der Waals surface area contributed by atoms with Gasteiger partial charge in [0.1, 0.15) is 18.1 Å². The second-order valence-corrected chi connectivity index (χ2v) is 8.25. The number of nitrogens with zero attached hydrogens (tertiary/aromatic N) is 3. The van der Waals surface area contributed by atoms with Crippen LogP contribution in [-0.2, 0) is 0 Å². The second kappa shape index (κ2) is 10.2. The minimum Gasteiger partial charge on any atom is -0.506 e. The number of hydrogen-bond acceptors (Lipinski definition) is 5. The predicted molar refractivity (Wildman–Crippen MR) is 124 cm³/mol. The zero-order chi connectivity index (χ0) is 25.9. The Bertz CT molecular complexity index is 1260. The minimum absolute atomic E-state index is 0.0933. The van der Waals surface area contributed by atoms with Crippen molar-refractivity contribution in [3.8, 4) is 16.9 Å². The lowest BCUT2D eigenvalue weighted by Gasteiger charge is -2.36. The smallest absolute Gasteiger partial charge is 0.405 e. The van der Waals surface area contributed by atoms with Gasteiger partial charge in [-0.2, -0.15) is 13.2 Å². The summed E-state index contributed by atoms with van der Waals surface area (Å²) in [5.41, 5.74) is 1.69. The van der Waals surface area contributed by atoms with Gasteiger partial charge in [0.05, 0.1) is 6.20 Å². The maximum absolute atomic E-state index is 14.7. The summed E-state index contributed by atoms with van der Waals surface area (Å²) in [4.78, 5) is 32.2. The summed E-state index contributed by atoms with van der Waals surface area (Å²) in [6.45, 7) is 0.337. The molecule has 2 amide bonds. The molecule has 1 fully saturated rings. The lowest BCUT2D eigenvalue weighted by atomic mass is 10.0. The monoisotopic (exact) mass is 502 g/mol. The number of hydrogen-bond donors (Lipinski definition) is 2. The van der Waals surface area contributed by atoms with Crippen molar-refractivity contribution in [2.24, 2.45) is 0 Å². The van der Waals surface area contributed by atoms with Crippen molar-refractivity contribution in [1.82, 2.24) is 15.2 Å². The van der Waals surface area contributed by atoms with Crippen LogP contribution in [-0.4, -0.2) is 65.7 Å². The molecule has 4 rings (SSSR count). The number of nitrogens with one attached hydrogen (secondary N) is 1. The van der Waals surface area contributed by atoms with Crippen molar-refractivity contribution in [1.29, 1.82) is 0 Å². The number of anilines is 1. The zero-order valence-electron chi connectivity index (χ0n) is 18.9. The first-order valence-corrected chi connectivity index (χ1v) is 11.0. The van der Waals surface area contributed by atoms with Crippen molar-refractivity contribution in [2.45, 2.75) is 6.18 Å². The van der Waals surface area contributed by atoms with Crippen LogP contribution in [0.3, 0.4) is 0 Å². The Kier molecular flexibility index (Phi) is 7.09. The first kappa shape index (κ1) is 25.0. The largest absolute Gasteiger partial charge is 0.506 e. The van der Waals surface area contributed by atoms with Crippen LogP contribution in [0.25, 0.3) is 11.1 Å². The molecular weight excluding hydrogens is 480 g/mol. The van der Waals surface area contributed by atoms with E-state index in [0.29, 0.717) is 31.7 Å². The number of carbonyl (C=O) groups is 2. The molecule has 0 spiro atoms. The number of carbonyl (C=O) groups excluding carboxylic acids is 2. The highest BCUT2D eigenvalue weighted by molar-refractivity contribution is 5.95. The van der Waals surface area contributed by atoms with Crippen molar-refractivity contribution < 1.29 is 32.3 Å². The number of pyridine rings is 1. The SMILES string of the molecule is O=C(NCC(F)(F)F)c1ccc(N2CCN(C(=O)c3ccc(-c4cncc(O)c4)c(F)c3)CC2)cc1.